The highest BCUT2D eigenvalue weighted by Gasteiger charge is 2.38. The number of nitrogens with one attached hydrogen (secondary N) is 1. The van der Waals surface area contributed by atoms with Crippen molar-refractivity contribution in [3.05, 3.63) is 0 Å². The maximum atomic E-state index is 11.6. The van der Waals surface area contributed by atoms with Gasteiger partial charge in [-0.2, -0.15) is 0 Å². The van der Waals surface area contributed by atoms with Crippen molar-refractivity contribution in [2.24, 2.45) is 5.41 Å². The summed E-state index contributed by atoms with van der Waals surface area (Å²) in [5.41, 5.74) is -0.577. The van der Waals surface area contributed by atoms with Gasteiger partial charge in [0.1, 0.15) is 0 Å². The van der Waals surface area contributed by atoms with Crippen LogP contribution in [0.3, 0.4) is 0 Å². The molecule has 2 atom stereocenters. The number of carbonyl (C=O) groups is 1. The standard InChI is InChI=1S/C9H17NO4S/c1-9(2,3)8(12)10-6-4-15(13,14)5-7(6)11/h6-7,11H,4-5H2,1-3H3,(H,10,12). The van der Waals surface area contributed by atoms with E-state index in [-0.39, 0.29) is 17.4 Å². The van der Waals surface area contributed by atoms with Gasteiger partial charge in [0.05, 0.1) is 23.7 Å². The van der Waals surface area contributed by atoms with E-state index in [1.807, 2.05) is 0 Å². The lowest BCUT2D eigenvalue weighted by Gasteiger charge is -2.22. The van der Waals surface area contributed by atoms with Crippen LogP contribution in [0.5, 0.6) is 0 Å². The SMILES string of the molecule is CC(C)(C)C(=O)NC1CS(=O)(=O)CC1O. The molecular formula is C9H17NO4S. The lowest BCUT2D eigenvalue weighted by Crippen LogP contribution is -2.47. The molecule has 88 valence electrons. The Hall–Kier alpha value is -0.620. The predicted molar refractivity (Wildman–Crippen MR) is 56.0 cm³/mol. The number of amides is 1. The summed E-state index contributed by atoms with van der Waals surface area (Å²) < 4.78 is 22.3. The molecule has 0 saturated carbocycles. The number of aliphatic hydroxyl groups is 1. The summed E-state index contributed by atoms with van der Waals surface area (Å²) in [5, 5.41) is 12.0. The first kappa shape index (κ1) is 12.4. The van der Waals surface area contributed by atoms with Crippen LogP contribution < -0.4 is 5.32 Å². The van der Waals surface area contributed by atoms with Crippen molar-refractivity contribution in [3.8, 4) is 0 Å². The molecule has 0 aromatic rings. The van der Waals surface area contributed by atoms with E-state index in [1.165, 1.54) is 0 Å². The molecule has 0 bridgehead atoms. The van der Waals surface area contributed by atoms with Gasteiger partial charge >= 0.3 is 0 Å². The molecule has 1 aliphatic heterocycles. The third kappa shape index (κ3) is 3.17. The average molecular weight is 235 g/mol. The van der Waals surface area contributed by atoms with Crippen molar-refractivity contribution in [2.45, 2.75) is 32.9 Å². The van der Waals surface area contributed by atoms with Gasteiger partial charge in [-0.25, -0.2) is 8.42 Å². The van der Waals surface area contributed by atoms with E-state index in [1.54, 1.807) is 20.8 Å². The molecule has 6 heteroatoms. The van der Waals surface area contributed by atoms with E-state index >= 15 is 0 Å². The molecule has 15 heavy (non-hydrogen) atoms. The number of carbonyl (C=O) groups excluding carboxylic acids is 1. The summed E-state index contributed by atoms with van der Waals surface area (Å²) in [5.74, 6) is -0.679. The summed E-state index contributed by atoms with van der Waals surface area (Å²) in [4.78, 5) is 11.6. The Morgan fingerprint density at radius 2 is 1.87 bits per heavy atom. The average Bonchev–Trinajstić information content (AvgIpc) is 2.22. The van der Waals surface area contributed by atoms with E-state index < -0.39 is 27.4 Å². The monoisotopic (exact) mass is 235 g/mol. The van der Waals surface area contributed by atoms with Gasteiger partial charge in [-0.15, -0.1) is 0 Å². The Bertz CT molecular complexity index is 355. The van der Waals surface area contributed by atoms with Gasteiger partial charge in [-0.3, -0.25) is 4.79 Å². The Balaban J connectivity index is 2.66. The molecule has 2 unspecified atom stereocenters. The van der Waals surface area contributed by atoms with Crippen LogP contribution in [0.25, 0.3) is 0 Å². The van der Waals surface area contributed by atoms with Crippen molar-refractivity contribution in [3.63, 3.8) is 0 Å². The first-order valence-corrected chi connectivity index (χ1v) is 6.63. The van der Waals surface area contributed by atoms with Gasteiger partial charge in [0.15, 0.2) is 9.84 Å². The first-order chi connectivity index (χ1) is 6.62. The van der Waals surface area contributed by atoms with E-state index in [2.05, 4.69) is 5.32 Å². The van der Waals surface area contributed by atoms with Gasteiger partial charge in [0.2, 0.25) is 5.91 Å². The zero-order valence-corrected chi connectivity index (χ0v) is 9.97. The number of sulfone groups is 1. The van der Waals surface area contributed by atoms with Crippen molar-refractivity contribution in [2.75, 3.05) is 11.5 Å². The Labute approximate surface area is 89.8 Å². The van der Waals surface area contributed by atoms with Crippen molar-refractivity contribution < 1.29 is 18.3 Å². The molecule has 0 spiro atoms. The van der Waals surface area contributed by atoms with Crippen LogP contribution in [0, 0.1) is 5.41 Å². The summed E-state index contributed by atoms with van der Waals surface area (Å²) >= 11 is 0. The van der Waals surface area contributed by atoms with Crippen LogP contribution in [0.2, 0.25) is 0 Å². The second-order valence-electron chi connectivity index (χ2n) is 4.97. The van der Waals surface area contributed by atoms with Gasteiger partial charge in [0, 0.05) is 5.41 Å². The minimum Gasteiger partial charge on any atom is -0.390 e. The van der Waals surface area contributed by atoms with Gasteiger partial charge in [-0.05, 0) is 0 Å². The Morgan fingerprint density at radius 1 is 1.33 bits per heavy atom. The number of aliphatic hydroxyl groups excluding tert-OH is 1. The molecule has 2 N–H and O–H groups in total. The van der Waals surface area contributed by atoms with Crippen LogP contribution in [0.15, 0.2) is 0 Å². The largest absolute Gasteiger partial charge is 0.390 e. The van der Waals surface area contributed by atoms with Gasteiger partial charge in [-0.1, -0.05) is 20.8 Å². The molecule has 0 aliphatic carbocycles. The Morgan fingerprint density at radius 3 is 2.20 bits per heavy atom. The topological polar surface area (TPSA) is 83.5 Å². The van der Waals surface area contributed by atoms with E-state index in [4.69, 9.17) is 0 Å². The number of rotatable bonds is 1. The molecule has 1 rings (SSSR count). The fraction of sp³-hybridized carbons (Fsp3) is 0.889. The number of hydrogen-bond donors (Lipinski definition) is 2. The fourth-order valence-corrected chi connectivity index (χ4v) is 3.09. The van der Waals surface area contributed by atoms with Gasteiger partial charge < -0.3 is 10.4 Å². The van der Waals surface area contributed by atoms with Crippen LogP contribution in [-0.4, -0.2) is 43.1 Å². The summed E-state index contributed by atoms with van der Waals surface area (Å²) in [6.07, 6.45) is -0.985. The molecule has 0 aromatic carbocycles. The molecule has 1 aliphatic rings. The Kier molecular flexibility index (Phi) is 3.11. The van der Waals surface area contributed by atoms with E-state index in [0.29, 0.717) is 0 Å². The van der Waals surface area contributed by atoms with Crippen molar-refractivity contribution in [1.29, 1.82) is 0 Å². The second kappa shape index (κ2) is 3.75. The van der Waals surface area contributed by atoms with E-state index in [9.17, 15) is 18.3 Å². The molecule has 5 nitrogen and oxygen atoms in total. The van der Waals surface area contributed by atoms with Crippen LogP contribution in [0.1, 0.15) is 20.8 Å². The molecule has 1 heterocycles. The molecule has 0 aromatic heterocycles. The lowest BCUT2D eigenvalue weighted by atomic mass is 9.95. The molecule has 0 radical (unpaired) electrons. The van der Waals surface area contributed by atoms with E-state index in [0.717, 1.165) is 0 Å². The molecule has 1 fully saturated rings. The summed E-state index contributed by atoms with van der Waals surface area (Å²) in [6.45, 7) is 5.20. The van der Waals surface area contributed by atoms with Crippen molar-refractivity contribution in [1.82, 2.24) is 5.32 Å². The highest BCUT2D eigenvalue weighted by molar-refractivity contribution is 7.91. The number of hydrogen-bond acceptors (Lipinski definition) is 4. The van der Waals surface area contributed by atoms with Crippen LogP contribution in [-0.2, 0) is 14.6 Å². The third-order valence-corrected chi connectivity index (χ3v) is 4.04. The van der Waals surface area contributed by atoms with Gasteiger partial charge in [0.25, 0.3) is 0 Å². The third-order valence-electron chi connectivity index (χ3n) is 2.32. The first-order valence-electron chi connectivity index (χ1n) is 4.81. The highest BCUT2D eigenvalue weighted by Crippen LogP contribution is 2.17. The van der Waals surface area contributed by atoms with Crippen LogP contribution in [0.4, 0.5) is 0 Å². The zero-order chi connectivity index (χ0) is 11.9. The smallest absolute Gasteiger partial charge is 0.225 e. The van der Waals surface area contributed by atoms with Crippen molar-refractivity contribution >= 4 is 15.7 Å². The zero-order valence-electron chi connectivity index (χ0n) is 9.15. The van der Waals surface area contributed by atoms with Crippen LogP contribution >= 0.6 is 0 Å². The minimum atomic E-state index is -3.20. The molecular weight excluding hydrogens is 218 g/mol. The molecule has 1 saturated heterocycles. The molecule has 1 amide bonds. The summed E-state index contributed by atoms with van der Waals surface area (Å²) in [6, 6.07) is -0.665. The lowest BCUT2D eigenvalue weighted by molar-refractivity contribution is -0.129. The predicted octanol–water partition coefficient (Wildman–Crippen LogP) is -0.693. The minimum absolute atomic E-state index is 0.171. The normalized spacial score (nSPS) is 30.1. The quantitative estimate of drug-likeness (QED) is 0.630. The maximum Gasteiger partial charge on any atom is 0.225 e. The summed E-state index contributed by atoms with van der Waals surface area (Å²) in [7, 11) is -3.20. The second-order valence-corrected chi connectivity index (χ2v) is 7.13. The highest BCUT2D eigenvalue weighted by atomic mass is 32.2. The maximum absolute atomic E-state index is 11.6. The fourth-order valence-electron chi connectivity index (χ4n) is 1.35.